The number of nitrogens with zero attached hydrogens (tertiary/aromatic N) is 3. The van der Waals surface area contributed by atoms with Crippen molar-refractivity contribution in [3.8, 4) is 17.0 Å². The number of amides is 1. The summed E-state index contributed by atoms with van der Waals surface area (Å²) >= 11 is 0. The lowest BCUT2D eigenvalue weighted by molar-refractivity contribution is 0.0956. The molecular weight excluding hydrogens is 376 g/mol. The summed E-state index contributed by atoms with van der Waals surface area (Å²) in [5.74, 6) is 0.452. The number of hydrogen-bond donors (Lipinski definition) is 1. The monoisotopic (exact) mass is 396 g/mol. The van der Waals surface area contributed by atoms with Crippen LogP contribution in [0.25, 0.3) is 22.2 Å². The smallest absolute Gasteiger partial charge is 0.272 e. The fraction of sp³-hybridized carbons (Fsp3) is 0.0833. The fourth-order valence-corrected chi connectivity index (χ4v) is 3.10. The van der Waals surface area contributed by atoms with Crippen LogP contribution in [0.3, 0.4) is 0 Å². The van der Waals surface area contributed by atoms with Gasteiger partial charge in [-0.25, -0.2) is 10.4 Å². The van der Waals surface area contributed by atoms with Crippen LogP contribution in [-0.4, -0.2) is 28.7 Å². The Morgan fingerprint density at radius 3 is 2.83 bits per heavy atom. The zero-order valence-corrected chi connectivity index (χ0v) is 16.4. The number of nitrogens with one attached hydrogen (secondary N) is 1. The van der Waals surface area contributed by atoms with Crippen molar-refractivity contribution in [1.82, 2.24) is 15.4 Å². The van der Waals surface area contributed by atoms with Gasteiger partial charge < -0.3 is 4.74 Å². The highest BCUT2D eigenvalue weighted by molar-refractivity contribution is 6.07. The molecule has 0 aliphatic heterocycles. The summed E-state index contributed by atoms with van der Waals surface area (Å²) in [5.41, 5.74) is 6.20. The Morgan fingerprint density at radius 2 is 2.00 bits per heavy atom. The van der Waals surface area contributed by atoms with Gasteiger partial charge in [0.15, 0.2) is 0 Å². The van der Waals surface area contributed by atoms with Crippen LogP contribution in [0.4, 0.5) is 0 Å². The van der Waals surface area contributed by atoms with Gasteiger partial charge in [0.05, 0.1) is 29.6 Å². The summed E-state index contributed by atoms with van der Waals surface area (Å²) in [6.45, 7) is 2.52. The highest BCUT2D eigenvalue weighted by Crippen LogP contribution is 2.27. The molecule has 2 aromatic carbocycles. The van der Waals surface area contributed by atoms with Crippen LogP contribution >= 0.6 is 0 Å². The molecule has 0 aliphatic carbocycles. The third-order valence-corrected chi connectivity index (χ3v) is 4.47. The Hall–Kier alpha value is -4.06. The van der Waals surface area contributed by atoms with E-state index in [4.69, 9.17) is 9.72 Å². The first kappa shape index (κ1) is 19.3. The molecule has 4 rings (SSSR count). The normalized spacial score (nSPS) is 11.0. The summed E-state index contributed by atoms with van der Waals surface area (Å²) < 4.78 is 5.60. The number of benzene rings is 2. The number of carbonyl (C=O) groups excluding carboxylic acids is 1. The van der Waals surface area contributed by atoms with Crippen molar-refractivity contribution in [3.05, 3.63) is 90.3 Å². The Balaban J connectivity index is 1.69. The summed E-state index contributed by atoms with van der Waals surface area (Å²) in [5, 5.41) is 4.82. The van der Waals surface area contributed by atoms with Gasteiger partial charge in [-0.2, -0.15) is 5.10 Å². The van der Waals surface area contributed by atoms with Crippen molar-refractivity contribution >= 4 is 23.0 Å². The van der Waals surface area contributed by atoms with E-state index in [0.29, 0.717) is 17.9 Å². The van der Waals surface area contributed by atoms with Gasteiger partial charge in [-0.3, -0.25) is 9.78 Å². The van der Waals surface area contributed by atoms with Crippen LogP contribution in [0.5, 0.6) is 5.75 Å². The Labute approximate surface area is 174 Å². The molecule has 30 heavy (non-hydrogen) atoms. The first-order valence-corrected chi connectivity index (χ1v) is 9.61. The molecule has 2 aromatic heterocycles. The van der Waals surface area contributed by atoms with E-state index in [1.165, 1.54) is 0 Å². The van der Waals surface area contributed by atoms with Crippen molar-refractivity contribution in [2.75, 3.05) is 6.61 Å². The Bertz CT molecular complexity index is 1210. The van der Waals surface area contributed by atoms with Crippen LogP contribution < -0.4 is 10.2 Å². The van der Waals surface area contributed by atoms with Gasteiger partial charge in [0, 0.05) is 28.9 Å². The molecule has 0 radical (unpaired) electrons. The maximum atomic E-state index is 12.9. The lowest BCUT2D eigenvalue weighted by atomic mass is 10.0. The van der Waals surface area contributed by atoms with Crippen LogP contribution in [0.15, 0.2) is 84.2 Å². The van der Waals surface area contributed by atoms with E-state index in [1.54, 1.807) is 24.7 Å². The van der Waals surface area contributed by atoms with Crippen molar-refractivity contribution in [2.24, 2.45) is 5.10 Å². The molecule has 0 aliphatic rings. The zero-order valence-electron chi connectivity index (χ0n) is 16.4. The SMILES string of the molecule is CCOc1cccc(-c2cc(C(=O)N/N=C\c3cccnc3)c3ccccc3n2)c1. The molecular formula is C24H20N4O2. The fourth-order valence-electron chi connectivity index (χ4n) is 3.10. The van der Waals surface area contributed by atoms with Crippen molar-refractivity contribution in [2.45, 2.75) is 6.92 Å². The molecule has 0 saturated carbocycles. The number of rotatable bonds is 6. The minimum absolute atomic E-state index is 0.309. The van der Waals surface area contributed by atoms with E-state index in [2.05, 4.69) is 15.5 Å². The van der Waals surface area contributed by atoms with Gasteiger partial charge in [-0.15, -0.1) is 0 Å². The molecule has 2 heterocycles. The van der Waals surface area contributed by atoms with Crippen molar-refractivity contribution in [1.29, 1.82) is 0 Å². The molecule has 1 N–H and O–H groups in total. The topological polar surface area (TPSA) is 76.5 Å². The van der Waals surface area contributed by atoms with E-state index < -0.39 is 0 Å². The van der Waals surface area contributed by atoms with Gasteiger partial charge in [-0.1, -0.05) is 36.4 Å². The maximum Gasteiger partial charge on any atom is 0.272 e. The van der Waals surface area contributed by atoms with E-state index in [1.807, 2.05) is 67.6 Å². The first-order valence-electron chi connectivity index (χ1n) is 9.61. The highest BCUT2D eigenvalue weighted by Gasteiger charge is 2.14. The van der Waals surface area contributed by atoms with Gasteiger partial charge in [0.1, 0.15) is 5.75 Å². The molecule has 0 bridgehead atoms. The van der Waals surface area contributed by atoms with Gasteiger partial charge in [0.2, 0.25) is 0 Å². The molecule has 6 nitrogen and oxygen atoms in total. The number of carbonyl (C=O) groups is 1. The molecule has 0 atom stereocenters. The summed E-state index contributed by atoms with van der Waals surface area (Å²) in [6.07, 6.45) is 4.91. The van der Waals surface area contributed by atoms with Gasteiger partial charge >= 0.3 is 0 Å². The minimum atomic E-state index is -0.309. The van der Waals surface area contributed by atoms with E-state index >= 15 is 0 Å². The second-order valence-corrected chi connectivity index (χ2v) is 6.52. The van der Waals surface area contributed by atoms with Gasteiger partial charge in [-0.05, 0) is 37.3 Å². The number of para-hydroxylation sites is 1. The number of hydrogen-bond acceptors (Lipinski definition) is 5. The zero-order chi connectivity index (χ0) is 20.8. The van der Waals surface area contributed by atoms with Crippen LogP contribution in [0.2, 0.25) is 0 Å². The lowest BCUT2D eigenvalue weighted by Gasteiger charge is -2.10. The van der Waals surface area contributed by atoms with Crippen LogP contribution in [0, 0.1) is 0 Å². The molecule has 6 heteroatoms. The Kier molecular flexibility index (Phi) is 5.75. The second kappa shape index (κ2) is 8.96. The first-order chi connectivity index (χ1) is 14.7. The second-order valence-electron chi connectivity index (χ2n) is 6.52. The molecule has 0 unspecified atom stereocenters. The molecule has 4 aromatic rings. The average molecular weight is 396 g/mol. The number of ether oxygens (including phenoxy) is 1. The molecule has 0 fully saturated rings. The number of aromatic nitrogens is 2. The maximum absolute atomic E-state index is 12.9. The van der Waals surface area contributed by atoms with Crippen molar-refractivity contribution < 1.29 is 9.53 Å². The van der Waals surface area contributed by atoms with Gasteiger partial charge in [0.25, 0.3) is 5.91 Å². The van der Waals surface area contributed by atoms with E-state index in [0.717, 1.165) is 27.8 Å². The molecule has 0 spiro atoms. The average Bonchev–Trinajstić information content (AvgIpc) is 2.79. The number of hydrazone groups is 1. The van der Waals surface area contributed by atoms with Crippen LogP contribution in [0.1, 0.15) is 22.8 Å². The predicted octanol–water partition coefficient (Wildman–Crippen LogP) is 4.46. The third kappa shape index (κ3) is 4.33. The summed E-state index contributed by atoms with van der Waals surface area (Å²) in [6, 6.07) is 20.7. The minimum Gasteiger partial charge on any atom is -0.494 e. The number of fused-ring (bicyclic) bond motifs is 1. The summed E-state index contributed by atoms with van der Waals surface area (Å²) in [7, 11) is 0. The number of pyridine rings is 2. The lowest BCUT2D eigenvalue weighted by Crippen LogP contribution is -2.18. The highest BCUT2D eigenvalue weighted by atomic mass is 16.5. The standard InChI is InChI=1S/C24H20N4O2/c1-2-30-19-9-5-8-18(13-19)23-14-21(20-10-3-4-11-22(20)27-23)24(29)28-26-16-17-7-6-12-25-15-17/h3-16H,2H2,1H3,(H,28,29)/b26-16-. The van der Waals surface area contributed by atoms with E-state index in [-0.39, 0.29) is 5.91 Å². The Morgan fingerprint density at radius 1 is 1.10 bits per heavy atom. The quantitative estimate of drug-likeness (QED) is 0.386. The third-order valence-electron chi connectivity index (χ3n) is 4.47. The summed E-state index contributed by atoms with van der Waals surface area (Å²) in [4.78, 5) is 21.7. The molecule has 0 saturated heterocycles. The van der Waals surface area contributed by atoms with Crippen LogP contribution in [-0.2, 0) is 0 Å². The van der Waals surface area contributed by atoms with Crippen molar-refractivity contribution in [3.63, 3.8) is 0 Å². The molecule has 1 amide bonds. The van der Waals surface area contributed by atoms with E-state index in [9.17, 15) is 4.79 Å². The molecule has 148 valence electrons. The largest absolute Gasteiger partial charge is 0.494 e. The predicted molar refractivity (Wildman–Crippen MR) is 118 cm³/mol.